The first-order valence-corrected chi connectivity index (χ1v) is 7.48. The van der Waals surface area contributed by atoms with Gasteiger partial charge in [0.25, 0.3) is 5.91 Å². The molecule has 2 aromatic rings. The Bertz CT molecular complexity index is 688. The van der Waals surface area contributed by atoms with Gasteiger partial charge in [-0.2, -0.15) is 0 Å². The molecule has 5 heteroatoms. The molecule has 2 amide bonds. The number of hydrogen-bond acceptors (Lipinski definition) is 3. The predicted molar refractivity (Wildman–Crippen MR) is 84.1 cm³/mol. The minimum Gasteiger partial charge on any atom is -0.456 e. The zero-order valence-corrected chi connectivity index (χ0v) is 12.5. The summed E-state index contributed by atoms with van der Waals surface area (Å²) in [4.78, 5) is 25.5. The number of rotatable bonds is 4. The smallest absolute Gasteiger partial charge is 0.291 e. The average Bonchev–Trinajstić information content (AvgIpc) is 3.17. The molecule has 1 saturated heterocycles. The Kier molecular flexibility index (Phi) is 3.96. The Hall–Kier alpha value is -2.56. The van der Waals surface area contributed by atoms with Crippen molar-refractivity contribution < 1.29 is 14.0 Å². The lowest BCUT2D eigenvalue weighted by Gasteiger charge is -2.15. The lowest BCUT2D eigenvalue weighted by molar-refractivity contribution is -0.117. The molecule has 22 heavy (non-hydrogen) atoms. The van der Waals surface area contributed by atoms with E-state index in [0.29, 0.717) is 17.9 Å². The molecule has 1 N–H and O–H groups in total. The molecule has 0 saturated carbocycles. The van der Waals surface area contributed by atoms with Gasteiger partial charge >= 0.3 is 0 Å². The van der Waals surface area contributed by atoms with Crippen molar-refractivity contribution in [3.63, 3.8) is 0 Å². The SMILES string of the molecule is CCc1ccc(C(=O)Nc2ccc(N3CCCC3=O)cc2)o1. The highest BCUT2D eigenvalue weighted by atomic mass is 16.3. The number of benzene rings is 1. The molecule has 0 aliphatic carbocycles. The van der Waals surface area contributed by atoms with Crippen molar-refractivity contribution in [2.75, 3.05) is 16.8 Å². The minimum absolute atomic E-state index is 0.152. The van der Waals surface area contributed by atoms with E-state index >= 15 is 0 Å². The number of amides is 2. The van der Waals surface area contributed by atoms with Crippen LogP contribution in [0.5, 0.6) is 0 Å². The summed E-state index contributed by atoms with van der Waals surface area (Å²) in [7, 11) is 0. The van der Waals surface area contributed by atoms with Crippen LogP contribution >= 0.6 is 0 Å². The highest BCUT2D eigenvalue weighted by Crippen LogP contribution is 2.23. The number of furan rings is 1. The van der Waals surface area contributed by atoms with E-state index in [4.69, 9.17) is 4.42 Å². The van der Waals surface area contributed by atoms with Gasteiger partial charge in [-0.25, -0.2) is 0 Å². The second-order valence-electron chi connectivity index (χ2n) is 5.27. The second-order valence-corrected chi connectivity index (χ2v) is 5.27. The van der Waals surface area contributed by atoms with E-state index in [1.54, 1.807) is 29.2 Å². The van der Waals surface area contributed by atoms with Crippen LogP contribution in [-0.4, -0.2) is 18.4 Å². The fourth-order valence-electron chi connectivity index (χ4n) is 2.53. The number of carbonyl (C=O) groups is 2. The van der Waals surface area contributed by atoms with E-state index in [-0.39, 0.29) is 11.8 Å². The molecule has 1 aliphatic rings. The van der Waals surface area contributed by atoms with Crippen LogP contribution in [0.4, 0.5) is 11.4 Å². The molecule has 1 fully saturated rings. The van der Waals surface area contributed by atoms with Crippen molar-refractivity contribution in [3.05, 3.63) is 47.9 Å². The van der Waals surface area contributed by atoms with Gasteiger partial charge in [-0.3, -0.25) is 9.59 Å². The summed E-state index contributed by atoms with van der Waals surface area (Å²) in [6.07, 6.45) is 2.26. The van der Waals surface area contributed by atoms with Gasteiger partial charge in [-0.15, -0.1) is 0 Å². The fraction of sp³-hybridized carbons (Fsp3) is 0.294. The topological polar surface area (TPSA) is 62.6 Å². The number of nitrogens with zero attached hydrogens (tertiary/aromatic N) is 1. The predicted octanol–water partition coefficient (Wildman–Crippen LogP) is 3.22. The lowest BCUT2D eigenvalue weighted by atomic mass is 10.2. The molecule has 0 spiro atoms. The molecule has 3 rings (SSSR count). The Balaban J connectivity index is 1.68. The summed E-state index contributed by atoms with van der Waals surface area (Å²) in [6, 6.07) is 10.8. The van der Waals surface area contributed by atoms with Crippen LogP contribution in [0.3, 0.4) is 0 Å². The Morgan fingerprint density at radius 1 is 1.23 bits per heavy atom. The van der Waals surface area contributed by atoms with Gasteiger partial charge < -0.3 is 14.6 Å². The molecule has 2 heterocycles. The molecule has 0 radical (unpaired) electrons. The molecule has 0 unspecified atom stereocenters. The van der Waals surface area contributed by atoms with Gasteiger partial charge in [0.2, 0.25) is 5.91 Å². The number of hydrogen-bond donors (Lipinski definition) is 1. The third kappa shape index (κ3) is 2.88. The van der Waals surface area contributed by atoms with E-state index in [1.165, 1.54) is 0 Å². The van der Waals surface area contributed by atoms with Crippen LogP contribution < -0.4 is 10.2 Å². The van der Waals surface area contributed by atoms with Crippen LogP contribution in [-0.2, 0) is 11.2 Å². The molecule has 0 atom stereocenters. The van der Waals surface area contributed by atoms with Crippen LogP contribution in [0.25, 0.3) is 0 Å². The van der Waals surface area contributed by atoms with Crippen LogP contribution in [0.1, 0.15) is 36.1 Å². The van der Waals surface area contributed by atoms with Crippen LogP contribution in [0.2, 0.25) is 0 Å². The van der Waals surface area contributed by atoms with E-state index in [1.807, 2.05) is 19.1 Å². The van der Waals surface area contributed by atoms with Crippen LogP contribution in [0, 0.1) is 0 Å². The molecule has 1 aromatic carbocycles. The largest absolute Gasteiger partial charge is 0.456 e. The van der Waals surface area contributed by atoms with Gasteiger partial charge in [0.15, 0.2) is 5.76 Å². The first-order valence-electron chi connectivity index (χ1n) is 7.48. The van der Waals surface area contributed by atoms with Crippen molar-refractivity contribution in [1.29, 1.82) is 0 Å². The highest BCUT2D eigenvalue weighted by Gasteiger charge is 2.21. The average molecular weight is 298 g/mol. The van der Waals surface area contributed by atoms with E-state index < -0.39 is 0 Å². The zero-order chi connectivity index (χ0) is 15.5. The molecule has 114 valence electrons. The molecule has 0 bridgehead atoms. The van der Waals surface area contributed by atoms with Crippen molar-refractivity contribution in [2.45, 2.75) is 26.2 Å². The highest BCUT2D eigenvalue weighted by molar-refractivity contribution is 6.02. The third-order valence-electron chi connectivity index (χ3n) is 3.74. The Morgan fingerprint density at radius 3 is 2.59 bits per heavy atom. The molecule has 1 aliphatic heterocycles. The van der Waals surface area contributed by atoms with Gasteiger partial charge in [0.1, 0.15) is 5.76 Å². The first kappa shape index (κ1) is 14.4. The van der Waals surface area contributed by atoms with E-state index in [9.17, 15) is 9.59 Å². The van der Waals surface area contributed by atoms with E-state index in [0.717, 1.165) is 30.8 Å². The summed E-state index contributed by atoms with van der Waals surface area (Å²) >= 11 is 0. The zero-order valence-electron chi connectivity index (χ0n) is 12.5. The summed E-state index contributed by atoms with van der Waals surface area (Å²) in [5.41, 5.74) is 1.54. The Labute approximate surface area is 128 Å². The summed E-state index contributed by atoms with van der Waals surface area (Å²) in [5.74, 6) is 0.966. The molecular formula is C17H18N2O3. The van der Waals surface area contributed by atoms with Gasteiger partial charge in [0, 0.05) is 30.8 Å². The number of anilines is 2. The maximum absolute atomic E-state index is 12.1. The maximum atomic E-state index is 12.1. The summed E-state index contributed by atoms with van der Waals surface area (Å²) < 4.78 is 5.42. The third-order valence-corrected chi connectivity index (χ3v) is 3.74. The molecule has 1 aromatic heterocycles. The monoisotopic (exact) mass is 298 g/mol. The quantitative estimate of drug-likeness (QED) is 0.942. The Morgan fingerprint density at radius 2 is 2.00 bits per heavy atom. The summed E-state index contributed by atoms with van der Waals surface area (Å²) in [6.45, 7) is 2.73. The molecular weight excluding hydrogens is 280 g/mol. The van der Waals surface area contributed by atoms with Gasteiger partial charge in [-0.1, -0.05) is 6.92 Å². The summed E-state index contributed by atoms with van der Waals surface area (Å²) in [5, 5.41) is 2.79. The first-order chi connectivity index (χ1) is 10.7. The van der Waals surface area contributed by atoms with Gasteiger partial charge in [0.05, 0.1) is 0 Å². The maximum Gasteiger partial charge on any atom is 0.291 e. The van der Waals surface area contributed by atoms with Gasteiger partial charge in [-0.05, 0) is 42.8 Å². The van der Waals surface area contributed by atoms with Crippen molar-refractivity contribution in [2.24, 2.45) is 0 Å². The number of aryl methyl sites for hydroxylation is 1. The van der Waals surface area contributed by atoms with Crippen molar-refractivity contribution in [1.82, 2.24) is 0 Å². The van der Waals surface area contributed by atoms with Crippen molar-refractivity contribution >= 4 is 23.2 Å². The molecule has 5 nitrogen and oxygen atoms in total. The second kappa shape index (κ2) is 6.05. The van der Waals surface area contributed by atoms with E-state index in [2.05, 4.69) is 5.32 Å². The fourth-order valence-corrected chi connectivity index (χ4v) is 2.53. The number of nitrogens with one attached hydrogen (secondary N) is 1. The standard InChI is InChI=1S/C17H18N2O3/c1-2-14-9-10-15(22-14)17(21)18-12-5-7-13(8-6-12)19-11-3-4-16(19)20/h5-10H,2-4,11H2,1H3,(H,18,21). The van der Waals surface area contributed by atoms with Crippen LogP contribution in [0.15, 0.2) is 40.8 Å². The van der Waals surface area contributed by atoms with Crippen molar-refractivity contribution in [3.8, 4) is 0 Å². The number of carbonyl (C=O) groups excluding carboxylic acids is 2. The minimum atomic E-state index is -0.273. The normalized spacial score (nSPS) is 14.4. The lowest BCUT2D eigenvalue weighted by Crippen LogP contribution is -2.23.